The van der Waals surface area contributed by atoms with Crippen LogP contribution in [0.4, 0.5) is 0 Å². The predicted octanol–water partition coefficient (Wildman–Crippen LogP) is 3.16. The summed E-state index contributed by atoms with van der Waals surface area (Å²) in [4.78, 5) is 0. The second-order valence-electron chi connectivity index (χ2n) is 3.23. The molecule has 1 atom stereocenters. The Morgan fingerprint density at radius 3 is 2.62 bits per heavy atom. The van der Waals surface area contributed by atoms with Crippen LogP contribution in [0, 0.1) is 5.92 Å². The van der Waals surface area contributed by atoms with Gasteiger partial charge in [-0.1, -0.05) is 36.2 Å². The fraction of sp³-hybridized carbons (Fsp3) is 0.400. The molecular weight excluding hydrogens is 207 g/mol. The maximum Gasteiger partial charge on any atom is 0.0459 e. The van der Waals surface area contributed by atoms with Crippen LogP contribution < -0.4 is 0 Å². The minimum absolute atomic E-state index is 0.180. The zero-order valence-electron chi connectivity index (χ0n) is 7.43. The molecule has 0 aliphatic carbocycles. The van der Waals surface area contributed by atoms with Crippen LogP contribution >= 0.6 is 23.2 Å². The molecule has 0 spiro atoms. The maximum absolute atomic E-state index is 8.87. The number of hydrogen-bond acceptors (Lipinski definition) is 1. The predicted molar refractivity (Wildman–Crippen MR) is 56.4 cm³/mol. The van der Waals surface area contributed by atoms with Gasteiger partial charge in [0.1, 0.15) is 0 Å². The van der Waals surface area contributed by atoms with Gasteiger partial charge in [-0.05, 0) is 30.0 Å². The van der Waals surface area contributed by atoms with Gasteiger partial charge in [0, 0.05) is 16.7 Å². The smallest absolute Gasteiger partial charge is 0.0459 e. The minimum atomic E-state index is 0.180. The highest BCUT2D eigenvalue weighted by atomic mass is 35.5. The van der Waals surface area contributed by atoms with E-state index in [4.69, 9.17) is 28.3 Å². The highest BCUT2D eigenvalue weighted by Gasteiger charge is 2.05. The van der Waals surface area contributed by atoms with Crippen LogP contribution in [0.25, 0.3) is 0 Å². The first-order valence-electron chi connectivity index (χ1n) is 4.18. The van der Waals surface area contributed by atoms with Gasteiger partial charge in [0.25, 0.3) is 0 Å². The molecule has 1 unspecified atom stereocenters. The van der Waals surface area contributed by atoms with Crippen LogP contribution in [-0.2, 0) is 6.42 Å². The summed E-state index contributed by atoms with van der Waals surface area (Å²) in [6.45, 7) is 2.16. The van der Waals surface area contributed by atoms with Crippen molar-refractivity contribution in [3.05, 3.63) is 33.8 Å². The summed E-state index contributed by atoms with van der Waals surface area (Å²) in [5.41, 5.74) is 1.03. The summed E-state index contributed by atoms with van der Waals surface area (Å²) >= 11 is 11.7. The largest absolute Gasteiger partial charge is 0.396 e. The van der Waals surface area contributed by atoms with Crippen molar-refractivity contribution in [2.75, 3.05) is 6.61 Å². The number of aliphatic hydroxyl groups excluding tert-OH is 1. The summed E-state index contributed by atoms with van der Waals surface area (Å²) < 4.78 is 0. The zero-order valence-corrected chi connectivity index (χ0v) is 8.94. The van der Waals surface area contributed by atoms with Crippen LogP contribution in [0.2, 0.25) is 10.0 Å². The van der Waals surface area contributed by atoms with E-state index in [1.54, 1.807) is 6.07 Å². The van der Waals surface area contributed by atoms with Crippen molar-refractivity contribution in [1.29, 1.82) is 0 Å². The normalized spacial score (nSPS) is 12.9. The second kappa shape index (κ2) is 4.85. The van der Waals surface area contributed by atoms with Gasteiger partial charge in [-0.3, -0.25) is 0 Å². The van der Waals surface area contributed by atoms with Gasteiger partial charge in [0.05, 0.1) is 0 Å². The summed E-state index contributed by atoms with van der Waals surface area (Å²) in [6.07, 6.45) is 0.784. The summed E-state index contributed by atoms with van der Waals surface area (Å²) in [6, 6.07) is 5.44. The summed E-state index contributed by atoms with van der Waals surface area (Å²) in [5, 5.41) is 10.2. The molecule has 0 radical (unpaired) electrons. The third-order valence-electron chi connectivity index (χ3n) is 1.90. The fourth-order valence-corrected chi connectivity index (χ4v) is 1.61. The standard InChI is InChI=1S/C10H12Cl2O/c1-7(6-13)4-8-2-3-9(11)5-10(8)12/h2-3,5,7,13H,4,6H2,1H3. The van der Waals surface area contributed by atoms with E-state index in [0.717, 1.165) is 12.0 Å². The molecule has 1 N–H and O–H groups in total. The Kier molecular flexibility index (Phi) is 4.04. The first-order chi connectivity index (χ1) is 6.13. The molecule has 0 aromatic heterocycles. The molecule has 0 fully saturated rings. The van der Waals surface area contributed by atoms with E-state index in [1.165, 1.54) is 0 Å². The number of hydrogen-bond donors (Lipinski definition) is 1. The van der Waals surface area contributed by atoms with E-state index in [1.807, 2.05) is 19.1 Å². The molecule has 72 valence electrons. The lowest BCUT2D eigenvalue weighted by molar-refractivity contribution is 0.237. The van der Waals surface area contributed by atoms with Crippen molar-refractivity contribution in [3.8, 4) is 0 Å². The molecular formula is C10H12Cl2O. The molecule has 0 saturated heterocycles. The lowest BCUT2D eigenvalue weighted by Gasteiger charge is -2.09. The fourth-order valence-electron chi connectivity index (χ4n) is 1.13. The van der Waals surface area contributed by atoms with E-state index in [0.29, 0.717) is 10.0 Å². The van der Waals surface area contributed by atoms with Crippen LogP contribution in [0.5, 0.6) is 0 Å². The first-order valence-corrected chi connectivity index (χ1v) is 4.94. The maximum atomic E-state index is 8.87. The molecule has 1 aromatic carbocycles. The van der Waals surface area contributed by atoms with Crippen molar-refractivity contribution in [1.82, 2.24) is 0 Å². The minimum Gasteiger partial charge on any atom is -0.396 e. The monoisotopic (exact) mass is 218 g/mol. The van der Waals surface area contributed by atoms with E-state index in [9.17, 15) is 0 Å². The van der Waals surface area contributed by atoms with Gasteiger partial charge in [-0.15, -0.1) is 0 Å². The number of benzene rings is 1. The van der Waals surface area contributed by atoms with Crippen molar-refractivity contribution < 1.29 is 5.11 Å². The molecule has 0 amide bonds. The Balaban J connectivity index is 2.77. The molecule has 0 saturated carbocycles. The third kappa shape index (κ3) is 3.18. The Labute approximate surface area is 88.3 Å². The third-order valence-corrected chi connectivity index (χ3v) is 2.48. The highest BCUT2D eigenvalue weighted by molar-refractivity contribution is 6.35. The number of halogens is 2. The SMILES string of the molecule is CC(CO)Cc1ccc(Cl)cc1Cl. The second-order valence-corrected chi connectivity index (χ2v) is 4.07. The topological polar surface area (TPSA) is 20.2 Å². The molecule has 0 heterocycles. The van der Waals surface area contributed by atoms with E-state index in [-0.39, 0.29) is 12.5 Å². The highest BCUT2D eigenvalue weighted by Crippen LogP contribution is 2.23. The van der Waals surface area contributed by atoms with Crippen LogP contribution in [0.1, 0.15) is 12.5 Å². The lowest BCUT2D eigenvalue weighted by atomic mass is 10.0. The average molecular weight is 219 g/mol. The van der Waals surface area contributed by atoms with Crippen molar-refractivity contribution >= 4 is 23.2 Å². The molecule has 1 aromatic rings. The lowest BCUT2D eigenvalue weighted by Crippen LogP contribution is -2.04. The van der Waals surface area contributed by atoms with Gasteiger partial charge < -0.3 is 5.11 Å². The molecule has 1 rings (SSSR count). The Morgan fingerprint density at radius 2 is 2.08 bits per heavy atom. The van der Waals surface area contributed by atoms with Crippen molar-refractivity contribution in [2.24, 2.45) is 5.92 Å². The van der Waals surface area contributed by atoms with Gasteiger partial charge in [-0.25, -0.2) is 0 Å². The van der Waals surface area contributed by atoms with Gasteiger partial charge >= 0.3 is 0 Å². The molecule has 13 heavy (non-hydrogen) atoms. The quantitative estimate of drug-likeness (QED) is 0.827. The Bertz CT molecular complexity index is 286. The van der Waals surface area contributed by atoms with E-state index >= 15 is 0 Å². The van der Waals surface area contributed by atoms with Crippen LogP contribution in [0.15, 0.2) is 18.2 Å². The average Bonchev–Trinajstić information content (AvgIpc) is 2.09. The van der Waals surface area contributed by atoms with Crippen molar-refractivity contribution in [3.63, 3.8) is 0 Å². The van der Waals surface area contributed by atoms with Crippen molar-refractivity contribution in [2.45, 2.75) is 13.3 Å². The summed E-state index contributed by atoms with van der Waals surface area (Å²) in [7, 11) is 0. The Hall–Kier alpha value is -0.240. The molecule has 0 aliphatic heterocycles. The molecule has 3 heteroatoms. The molecule has 0 bridgehead atoms. The first kappa shape index (κ1) is 10.8. The number of aliphatic hydroxyl groups is 1. The van der Waals surface area contributed by atoms with E-state index < -0.39 is 0 Å². The molecule has 1 nitrogen and oxygen atoms in total. The zero-order chi connectivity index (χ0) is 9.84. The number of rotatable bonds is 3. The van der Waals surface area contributed by atoms with Crippen LogP contribution in [0.3, 0.4) is 0 Å². The van der Waals surface area contributed by atoms with Gasteiger partial charge in [0.2, 0.25) is 0 Å². The van der Waals surface area contributed by atoms with E-state index in [2.05, 4.69) is 0 Å². The summed E-state index contributed by atoms with van der Waals surface area (Å²) in [5.74, 6) is 0.235. The Morgan fingerprint density at radius 1 is 1.38 bits per heavy atom. The molecule has 0 aliphatic rings. The van der Waals surface area contributed by atoms with Gasteiger partial charge in [-0.2, -0.15) is 0 Å². The van der Waals surface area contributed by atoms with Gasteiger partial charge in [0.15, 0.2) is 0 Å². The van der Waals surface area contributed by atoms with Crippen LogP contribution in [-0.4, -0.2) is 11.7 Å².